The highest BCUT2D eigenvalue weighted by Gasteiger charge is 2.22. The Morgan fingerprint density at radius 2 is 0.895 bits per heavy atom. The first-order valence-electron chi connectivity index (χ1n) is 13.8. The highest BCUT2D eigenvalue weighted by molar-refractivity contribution is 6.14. The minimum absolute atomic E-state index is 1.06. The Bertz CT molecular complexity index is 1740. The second-order valence-corrected chi connectivity index (χ2v) is 10.8. The van der Waals surface area contributed by atoms with Gasteiger partial charge in [0.15, 0.2) is 0 Å². The van der Waals surface area contributed by atoms with E-state index in [1.54, 1.807) is 0 Å². The van der Waals surface area contributed by atoms with Gasteiger partial charge in [-0.15, -0.1) is 0 Å². The van der Waals surface area contributed by atoms with Crippen molar-refractivity contribution in [2.75, 3.05) is 0 Å². The summed E-state index contributed by atoms with van der Waals surface area (Å²) in [6, 6.07) is 31.3. The summed E-state index contributed by atoms with van der Waals surface area (Å²) in [5.74, 6) is 0. The van der Waals surface area contributed by atoms with Crippen LogP contribution in [0.4, 0.5) is 0 Å². The maximum atomic E-state index is 5.03. The first-order chi connectivity index (χ1) is 18.8. The van der Waals surface area contributed by atoms with Gasteiger partial charge in [-0.1, -0.05) is 72.8 Å². The van der Waals surface area contributed by atoms with Crippen molar-refractivity contribution >= 4 is 21.5 Å². The van der Waals surface area contributed by atoms with Crippen molar-refractivity contribution in [3.8, 4) is 33.6 Å². The van der Waals surface area contributed by atoms with Crippen LogP contribution in [0.5, 0.6) is 0 Å². The molecule has 2 heteroatoms. The maximum Gasteiger partial charge on any atom is 0.0711 e. The predicted molar refractivity (Wildman–Crippen MR) is 157 cm³/mol. The van der Waals surface area contributed by atoms with Crippen LogP contribution in [0.15, 0.2) is 97.3 Å². The Morgan fingerprint density at radius 1 is 0.447 bits per heavy atom. The topological polar surface area (TPSA) is 25.8 Å². The molecule has 4 aromatic carbocycles. The number of rotatable bonds is 3. The van der Waals surface area contributed by atoms with Crippen LogP contribution in [-0.4, -0.2) is 9.97 Å². The molecule has 0 atom stereocenters. The fourth-order valence-electron chi connectivity index (χ4n) is 6.71. The first-order valence-corrected chi connectivity index (χ1v) is 13.8. The molecule has 0 radical (unpaired) electrons. The van der Waals surface area contributed by atoms with Gasteiger partial charge >= 0.3 is 0 Å². The van der Waals surface area contributed by atoms with Gasteiger partial charge in [0.1, 0.15) is 0 Å². The van der Waals surface area contributed by atoms with Crippen molar-refractivity contribution in [2.45, 2.75) is 38.5 Å². The van der Waals surface area contributed by atoms with Crippen LogP contribution in [-0.2, 0) is 25.7 Å². The summed E-state index contributed by atoms with van der Waals surface area (Å²) in [5.41, 5.74) is 12.7. The van der Waals surface area contributed by atoms with Gasteiger partial charge < -0.3 is 0 Å². The van der Waals surface area contributed by atoms with E-state index in [0.29, 0.717) is 0 Å². The summed E-state index contributed by atoms with van der Waals surface area (Å²) >= 11 is 0. The van der Waals surface area contributed by atoms with E-state index < -0.39 is 0 Å². The third-order valence-electron chi connectivity index (χ3n) is 8.61. The number of aromatic nitrogens is 2. The molecular formula is C36H28N2. The molecule has 0 aliphatic heterocycles. The lowest BCUT2D eigenvalue weighted by molar-refractivity contribution is 0.911. The normalized spacial score (nSPS) is 14.2. The highest BCUT2D eigenvalue weighted by atomic mass is 14.7. The average Bonchev–Trinajstić information content (AvgIpc) is 3.65. The number of pyridine rings is 2. The summed E-state index contributed by atoms with van der Waals surface area (Å²) in [5, 5.41) is 5.00. The van der Waals surface area contributed by atoms with E-state index in [-0.39, 0.29) is 0 Å². The van der Waals surface area contributed by atoms with Gasteiger partial charge in [-0.3, -0.25) is 9.97 Å². The molecular weight excluding hydrogens is 460 g/mol. The number of fused-ring (bicyclic) bond motifs is 4. The Morgan fingerprint density at radius 3 is 1.39 bits per heavy atom. The molecule has 2 nitrogen and oxygen atoms in total. The molecule has 2 aromatic heterocycles. The molecule has 0 bridgehead atoms. The number of aryl methyl sites for hydroxylation is 4. The molecule has 0 amide bonds. The van der Waals surface area contributed by atoms with Crippen LogP contribution in [0.2, 0.25) is 0 Å². The van der Waals surface area contributed by atoms with Crippen LogP contribution in [0.1, 0.15) is 35.1 Å². The van der Waals surface area contributed by atoms with E-state index in [2.05, 4.69) is 97.3 Å². The molecule has 6 aromatic rings. The lowest BCUT2D eigenvalue weighted by Crippen LogP contribution is -1.97. The van der Waals surface area contributed by atoms with Gasteiger partial charge in [0.2, 0.25) is 0 Å². The zero-order valence-corrected chi connectivity index (χ0v) is 21.4. The van der Waals surface area contributed by atoms with Gasteiger partial charge in [-0.2, -0.15) is 0 Å². The summed E-state index contributed by atoms with van der Waals surface area (Å²) in [4.78, 5) is 10.1. The molecule has 0 saturated carbocycles. The lowest BCUT2D eigenvalue weighted by Gasteiger charge is -2.20. The lowest BCUT2D eigenvalue weighted by atomic mass is 9.85. The fraction of sp³-hybridized carbons (Fsp3) is 0.167. The molecule has 0 fully saturated rings. The second kappa shape index (κ2) is 8.63. The van der Waals surface area contributed by atoms with E-state index in [0.717, 1.165) is 37.1 Å². The Balaban J connectivity index is 1.49. The Kier molecular flexibility index (Phi) is 4.94. The number of nitrogens with zero attached hydrogens (tertiary/aromatic N) is 2. The molecule has 38 heavy (non-hydrogen) atoms. The zero-order valence-electron chi connectivity index (χ0n) is 21.4. The molecule has 0 N–H and O–H groups in total. The van der Waals surface area contributed by atoms with Crippen molar-refractivity contribution in [1.82, 2.24) is 9.97 Å². The number of benzene rings is 4. The van der Waals surface area contributed by atoms with Crippen molar-refractivity contribution < 1.29 is 0 Å². The van der Waals surface area contributed by atoms with Gasteiger partial charge in [-0.05, 0) is 94.5 Å². The number of hydrogen-bond donors (Lipinski definition) is 0. The molecule has 2 heterocycles. The van der Waals surface area contributed by atoms with Crippen LogP contribution >= 0.6 is 0 Å². The largest absolute Gasteiger partial charge is 0.256 e. The number of hydrogen-bond acceptors (Lipinski definition) is 2. The maximum absolute atomic E-state index is 5.03. The highest BCUT2D eigenvalue weighted by Crippen LogP contribution is 2.46. The predicted octanol–water partition coefficient (Wildman–Crippen LogP) is 8.76. The van der Waals surface area contributed by atoms with Crippen molar-refractivity contribution in [3.05, 3.63) is 120 Å². The van der Waals surface area contributed by atoms with Crippen LogP contribution in [0, 0.1) is 0 Å². The van der Waals surface area contributed by atoms with Crippen LogP contribution in [0.25, 0.3) is 55.2 Å². The summed E-state index contributed by atoms with van der Waals surface area (Å²) in [7, 11) is 0. The average molecular weight is 489 g/mol. The van der Waals surface area contributed by atoms with Gasteiger partial charge in [0, 0.05) is 34.6 Å². The quantitative estimate of drug-likeness (QED) is 0.249. The third kappa shape index (κ3) is 3.40. The van der Waals surface area contributed by atoms with E-state index in [9.17, 15) is 0 Å². The van der Waals surface area contributed by atoms with E-state index >= 15 is 0 Å². The standard InChI is InChI=1S/C36H28N2/c1-3-13-29-23(7-1)15-17-31(33-19-25-9-5-11-27(25)21-37-33)35(29)36-30-14-4-2-8-24(30)16-18-32(36)34-20-26-10-6-12-28(26)22-38-34/h1-4,7-8,13-22H,5-6,9-12H2. The van der Waals surface area contributed by atoms with Gasteiger partial charge in [-0.25, -0.2) is 0 Å². The monoisotopic (exact) mass is 488 g/mol. The van der Waals surface area contributed by atoms with Crippen LogP contribution < -0.4 is 0 Å². The van der Waals surface area contributed by atoms with E-state index in [4.69, 9.17) is 9.97 Å². The minimum Gasteiger partial charge on any atom is -0.256 e. The molecule has 0 unspecified atom stereocenters. The van der Waals surface area contributed by atoms with E-state index in [1.165, 1.54) is 78.9 Å². The zero-order chi connectivity index (χ0) is 25.1. The molecule has 2 aliphatic rings. The Labute approximate surface area is 223 Å². The summed E-state index contributed by atoms with van der Waals surface area (Å²) < 4.78 is 0. The Hall–Kier alpha value is -4.30. The summed E-state index contributed by atoms with van der Waals surface area (Å²) in [6.45, 7) is 0. The van der Waals surface area contributed by atoms with Crippen molar-refractivity contribution in [2.24, 2.45) is 0 Å². The smallest absolute Gasteiger partial charge is 0.0711 e. The molecule has 182 valence electrons. The van der Waals surface area contributed by atoms with Crippen molar-refractivity contribution in [1.29, 1.82) is 0 Å². The van der Waals surface area contributed by atoms with Crippen molar-refractivity contribution in [3.63, 3.8) is 0 Å². The fourth-order valence-corrected chi connectivity index (χ4v) is 6.71. The molecule has 0 spiro atoms. The summed E-state index contributed by atoms with van der Waals surface area (Å²) in [6.07, 6.45) is 11.3. The van der Waals surface area contributed by atoms with E-state index in [1.807, 2.05) is 0 Å². The molecule has 0 saturated heterocycles. The molecule has 8 rings (SSSR count). The second-order valence-electron chi connectivity index (χ2n) is 10.8. The molecule has 2 aliphatic carbocycles. The third-order valence-corrected chi connectivity index (χ3v) is 8.61. The van der Waals surface area contributed by atoms with Gasteiger partial charge in [0.05, 0.1) is 11.4 Å². The first kappa shape index (κ1) is 21.8. The van der Waals surface area contributed by atoms with Crippen LogP contribution in [0.3, 0.4) is 0 Å². The SMILES string of the molecule is c1ccc2c(-c3c(-c4cc5c(cn4)CCC5)ccc4ccccc34)c(-c3cc4c(cn3)CCC4)ccc2c1. The minimum atomic E-state index is 1.06. The van der Waals surface area contributed by atoms with Gasteiger partial charge in [0.25, 0.3) is 0 Å².